The summed E-state index contributed by atoms with van der Waals surface area (Å²) in [7, 11) is 3.91. The Hall–Kier alpha value is -0.120. The zero-order chi connectivity index (χ0) is 10.7. The molecule has 0 radical (unpaired) electrons. The van der Waals surface area contributed by atoms with E-state index >= 15 is 0 Å². The van der Waals surface area contributed by atoms with Gasteiger partial charge >= 0.3 is 0 Å². The summed E-state index contributed by atoms with van der Waals surface area (Å²) < 4.78 is 5.22. The smallest absolute Gasteiger partial charge is 0.0503 e. The Balaban J connectivity index is 1.70. The van der Waals surface area contributed by atoms with E-state index in [9.17, 15) is 0 Å². The van der Waals surface area contributed by atoms with Crippen LogP contribution in [0.4, 0.5) is 0 Å². The van der Waals surface area contributed by atoms with Crippen molar-refractivity contribution in [3.05, 3.63) is 0 Å². The zero-order valence-electron chi connectivity index (χ0n) is 10.0. The summed E-state index contributed by atoms with van der Waals surface area (Å²) in [6.45, 7) is 4.67. The number of likely N-dealkylation sites (tertiary alicyclic amines) is 1. The second kappa shape index (κ2) is 5.28. The van der Waals surface area contributed by atoms with Crippen molar-refractivity contribution >= 4 is 0 Å². The average molecular weight is 212 g/mol. The van der Waals surface area contributed by atoms with Gasteiger partial charge in [-0.1, -0.05) is 0 Å². The third-order valence-electron chi connectivity index (χ3n) is 3.79. The predicted octanol–water partition coefficient (Wildman–Crippen LogP) is 0.953. The van der Waals surface area contributed by atoms with Crippen LogP contribution in [0.3, 0.4) is 0 Å². The topological polar surface area (TPSA) is 24.5 Å². The van der Waals surface area contributed by atoms with Crippen molar-refractivity contribution in [1.29, 1.82) is 0 Å². The van der Waals surface area contributed by atoms with Crippen LogP contribution in [0.5, 0.6) is 0 Å². The van der Waals surface area contributed by atoms with Crippen molar-refractivity contribution in [2.45, 2.75) is 25.3 Å². The van der Waals surface area contributed by atoms with Crippen LogP contribution < -0.4 is 5.32 Å². The molecule has 1 saturated heterocycles. The van der Waals surface area contributed by atoms with Crippen molar-refractivity contribution in [3.8, 4) is 0 Å². The lowest BCUT2D eigenvalue weighted by Gasteiger charge is -2.23. The minimum absolute atomic E-state index is 0.728. The third kappa shape index (κ3) is 3.16. The number of likely N-dealkylation sites (N-methyl/N-ethyl adjacent to an activating group) is 1. The first-order valence-corrected chi connectivity index (χ1v) is 6.22. The molecule has 2 unspecified atom stereocenters. The van der Waals surface area contributed by atoms with Gasteiger partial charge in [0.2, 0.25) is 0 Å². The van der Waals surface area contributed by atoms with E-state index < -0.39 is 0 Å². The highest BCUT2D eigenvalue weighted by Gasteiger charge is 2.33. The van der Waals surface area contributed by atoms with Crippen LogP contribution in [0.15, 0.2) is 0 Å². The minimum atomic E-state index is 0.728. The van der Waals surface area contributed by atoms with Crippen molar-refractivity contribution < 1.29 is 4.74 Å². The van der Waals surface area contributed by atoms with E-state index in [1.165, 1.54) is 38.9 Å². The fourth-order valence-corrected chi connectivity index (χ4v) is 2.70. The van der Waals surface area contributed by atoms with Gasteiger partial charge in [-0.05, 0) is 44.7 Å². The van der Waals surface area contributed by atoms with E-state index in [0.29, 0.717) is 0 Å². The molecule has 1 heterocycles. The molecule has 1 aliphatic carbocycles. The summed E-state index contributed by atoms with van der Waals surface area (Å²) in [4.78, 5) is 2.60. The molecule has 15 heavy (non-hydrogen) atoms. The van der Waals surface area contributed by atoms with Crippen LogP contribution in [0.25, 0.3) is 0 Å². The first-order chi connectivity index (χ1) is 7.33. The summed E-state index contributed by atoms with van der Waals surface area (Å²) in [5, 5.41) is 3.46. The molecular formula is C12H24N2O. The Labute approximate surface area is 93.2 Å². The van der Waals surface area contributed by atoms with Crippen LogP contribution >= 0.6 is 0 Å². The summed E-state index contributed by atoms with van der Waals surface area (Å²) in [5.41, 5.74) is 0. The van der Waals surface area contributed by atoms with E-state index in [1.807, 2.05) is 7.11 Å². The maximum atomic E-state index is 5.22. The molecule has 0 spiro atoms. The van der Waals surface area contributed by atoms with Gasteiger partial charge in [-0.25, -0.2) is 0 Å². The standard InChI is InChI=1S/C12H24N2O/c1-13-12(11-3-4-11)8-14-6-5-10(7-14)9-15-2/h10-13H,3-9H2,1-2H3. The number of nitrogens with zero attached hydrogens (tertiary/aromatic N) is 1. The quantitative estimate of drug-likeness (QED) is 0.709. The largest absolute Gasteiger partial charge is 0.384 e. The fraction of sp³-hybridized carbons (Fsp3) is 1.00. The molecule has 2 aliphatic rings. The highest BCUT2D eigenvalue weighted by Crippen LogP contribution is 2.33. The van der Waals surface area contributed by atoms with Crippen LogP contribution in [-0.2, 0) is 4.74 Å². The molecule has 1 N–H and O–H groups in total. The third-order valence-corrected chi connectivity index (χ3v) is 3.79. The number of nitrogens with one attached hydrogen (secondary N) is 1. The number of rotatable bonds is 6. The highest BCUT2D eigenvalue weighted by atomic mass is 16.5. The van der Waals surface area contributed by atoms with Crippen molar-refractivity contribution in [1.82, 2.24) is 10.2 Å². The van der Waals surface area contributed by atoms with Gasteiger partial charge in [0.05, 0.1) is 6.61 Å². The van der Waals surface area contributed by atoms with E-state index in [1.54, 1.807) is 0 Å². The van der Waals surface area contributed by atoms with E-state index in [-0.39, 0.29) is 0 Å². The Morgan fingerprint density at radius 2 is 2.20 bits per heavy atom. The van der Waals surface area contributed by atoms with Gasteiger partial charge in [-0.3, -0.25) is 0 Å². The lowest BCUT2D eigenvalue weighted by molar-refractivity contribution is 0.151. The second-order valence-corrected chi connectivity index (χ2v) is 5.10. The van der Waals surface area contributed by atoms with E-state index in [4.69, 9.17) is 4.74 Å². The van der Waals surface area contributed by atoms with Gasteiger partial charge in [0, 0.05) is 26.2 Å². The molecule has 3 nitrogen and oxygen atoms in total. The number of ether oxygens (including phenoxy) is 1. The van der Waals surface area contributed by atoms with Crippen LogP contribution in [0, 0.1) is 11.8 Å². The summed E-state index contributed by atoms with van der Waals surface area (Å²) in [5.74, 6) is 1.73. The highest BCUT2D eigenvalue weighted by molar-refractivity contribution is 4.89. The second-order valence-electron chi connectivity index (χ2n) is 5.10. The zero-order valence-corrected chi connectivity index (χ0v) is 10.0. The van der Waals surface area contributed by atoms with Gasteiger partial charge in [0.25, 0.3) is 0 Å². The molecule has 2 fully saturated rings. The molecule has 1 aliphatic heterocycles. The van der Waals surface area contributed by atoms with Gasteiger partial charge in [0.15, 0.2) is 0 Å². The monoisotopic (exact) mass is 212 g/mol. The minimum Gasteiger partial charge on any atom is -0.384 e. The number of hydrogen-bond acceptors (Lipinski definition) is 3. The molecular weight excluding hydrogens is 188 g/mol. The lowest BCUT2D eigenvalue weighted by atomic mass is 10.1. The molecule has 0 amide bonds. The molecule has 0 aromatic rings. The first-order valence-electron chi connectivity index (χ1n) is 6.22. The molecule has 88 valence electrons. The van der Waals surface area contributed by atoms with Crippen LogP contribution in [0.2, 0.25) is 0 Å². The molecule has 2 atom stereocenters. The summed E-state index contributed by atoms with van der Waals surface area (Å²) >= 11 is 0. The van der Waals surface area contributed by atoms with Crippen LogP contribution in [-0.4, -0.2) is 51.3 Å². The van der Waals surface area contributed by atoms with E-state index in [0.717, 1.165) is 24.5 Å². The van der Waals surface area contributed by atoms with Gasteiger partial charge in [0.1, 0.15) is 0 Å². The SMILES string of the molecule is CNC(CN1CCC(COC)C1)C1CC1. The fourth-order valence-electron chi connectivity index (χ4n) is 2.70. The molecule has 0 aromatic carbocycles. The number of hydrogen-bond donors (Lipinski definition) is 1. The Bertz CT molecular complexity index is 194. The predicted molar refractivity (Wildman–Crippen MR) is 62.0 cm³/mol. The first kappa shape index (κ1) is 11.4. The van der Waals surface area contributed by atoms with Gasteiger partial charge in [-0.15, -0.1) is 0 Å². The summed E-state index contributed by atoms with van der Waals surface area (Å²) in [6.07, 6.45) is 4.18. The Kier molecular flexibility index (Phi) is 4.00. The Morgan fingerprint density at radius 3 is 2.80 bits per heavy atom. The average Bonchev–Trinajstić information content (AvgIpc) is 2.98. The molecule has 2 rings (SSSR count). The van der Waals surface area contributed by atoms with Crippen LogP contribution in [0.1, 0.15) is 19.3 Å². The van der Waals surface area contributed by atoms with Crippen molar-refractivity contribution in [3.63, 3.8) is 0 Å². The number of methoxy groups -OCH3 is 1. The summed E-state index contributed by atoms with van der Waals surface area (Å²) in [6, 6.07) is 0.728. The van der Waals surface area contributed by atoms with Crippen molar-refractivity contribution in [2.75, 3.05) is 40.4 Å². The normalized spacial score (nSPS) is 29.6. The molecule has 1 saturated carbocycles. The van der Waals surface area contributed by atoms with Gasteiger partial charge < -0.3 is 15.0 Å². The van der Waals surface area contributed by atoms with Gasteiger partial charge in [-0.2, -0.15) is 0 Å². The lowest BCUT2D eigenvalue weighted by Crippen LogP contribution is -2.40. The van der Waals surface area contributed by atoms with E-state index in [2.05, 4.69) is 17.3 Å². The van der Waals surface area contributed by atoms with Crippen molar-refractivity contribution in [2.24, 2.45) is 11.8 Å². The maximum absolute atomic E-state index is 5.22. The maximum Gasteiger partial charge on any atom is 0.0503 e. The Morgan fingerprint density at radius 1 is 1.40 bits per heavy atom. The molecule has 3 heteroatoms. The molecule has 0 bridgehead atoms. The molecule has 0 aromatic heterocycles.